The number of hydrogen-bond acceptors (Lipinski definition) is 2. The largest absolute Gasteiger partial charge is 0.379 e. The Labute approximate surface area is 81.9 Å². The van der Waals surface area contributed by atoms with Crippen LogP contribution in [-0.2, 0) is 10.2 Å². The first-order valence-corrected chi connectivity index (χ1v) is 4.52. The molecule has 2 rings (SSSR count). The third-order valence-electron chi connectivity index (χ3n) is 2.63. The Bertz CT molecular complexity index is 360. The summed E-state index contributed by atoms with van der Waals surface area (Å²) in [5.74, 6) is -0.277. The molecule has 0 N–H and O–H groups in total. The van der Waals surface area contributed by atoms with E-state index in [0.29, 0.717) is 19.6 Å². The summed E-state index contributed by atoms with van der Waals surface area (Å²) in [7, 11) is 0. The van der Waals surface area contributed by atoms with Crippen LogP contribution in [-0.4, -0.2) is 13.2 Å². The highest BCUT2D eigenvalue weighted by molar-refractivity contribution is 5.33. The number of benzene rings is 1. The van der Waals surface area contributed by atoms with Gasteiger partial charge in [0.05, 0.1) is 12.7 Å². The first-order valence-electron chi connectivity index (χ1n) is 4.52. The molecule has 1 saturated heterocycles. The lowest BCUT2D eigenvalue weighted by molar-refractivity contribution is 0.186. The third kappa shape index (κ3) is 1.38. The summed E-state index contributed by atoms with van der Waals surface area (Å²) < 4.78 is 17.9. The topological polar surface area (TPSA) is 33.0 Å². The van der Waals surface area contributed by atoms with Gasteiger partial charge in [-0.2, -0.15) is 5.26 Å². The molecule has 1 heterocycles. The van der Waals surface area contributed by atoms with Crippen molar-refractivity contribution < 1.29 is 9.13 Å². The molecular weight excluding hydrogens is 181 g/mol. The highest BCUT2D eigenvalue weighted by Gasteiger charge is 2.36. The van der Waals surface area contributed by atoms with Crippen LogP contribution in [0, 0.1) is 17.1 Å². The Balaban J connectivity index is 2.37. The maximum atomic E-state index is 12.7. The van der Waals surface area contributed by atoms with Gasteiger partial charge in [-0.1, -0.05) is 12.1 Å². The lowest BCUT2D eigenvalue weighted by Crippen LogP contribution is -2.23. The molecule has 1 aliphatic rings. The van der Waals surface area contributed by atoms with Crippen molar-refractivity contribution in [2.45, 2.75) is 11.8 Å². The SMILES string of the molecule is N#C[C@@]1(c2ccc(F)cc2)CCOC1. The summed E-state index contributed by atoms with van der Waals surface area (Å²) in [6.07, 6.45) is 0.690. The van der Waals surface area contributed by atoms with E-state index >= 15 is 0 Å². The number of nitrogens with zero attached hydrogens (tertiary/aromatic N) is 1. The number of rotatable bonds is 1. The van der Waals surface area contributed by atoms with Gasteiger partial charge in [0.15, 0.2) is 0 Å². The van der Waals surface area contributed by atoms with Gasteiger partial charge in [0.2, 0.25) is 0 Å². The molecule has 0 aliphatic carbocycles. The van der Waals surface area contributed by atoms with Gasteiger partial charge in [-0.15, -0.1) is 0 Å². The fraction of sp³-hybridized carbons (Fsp3) is 0.364. The van der Waals surface area contributed by atoms with Crippen LogP contribution >= 0.6 is 0 Å². The molecule has 0 saturated carbocycles. The smallest absolute Gasteiger partial charge is 0.123 e. The predicted octanol–water partition coefficient (Wildman–Crippen LogP) is 2.01. The summed E-state index contributed by atoms with van der Waals surface area (Å²) in [5.41, 5.74) is 0.284. The quantitative estimate of drug-likeness (QED) is 0.680. The second-order valence-corrected chi connectivity index (χ2v) is 3.50. The molecule has 1 aromatic carbocycles. The van der Waals surface area contributed by atoms with Crippen LogP contribution in [0.2, 0.25) is 0 Å². The average molecular weight is 191 g/mol. The van der Waals surface area contributed by atoms with Crippen molar-refractivity contribution in [1.82, 2.24) is 0 Å². The Morgan fingerprint density at radius 3 is 2.57 bits per heavy atom. The van der Waals surface area contributed by atoms with E-state index in [1.54, 1.807) is 12.1 Å². The normalized spacial score (nSPS) is 26.0. The van der Waals surface area contributed by atoms with Crippen molar-refractivity contribution in [1.29, 1.82) is 5.26 Å². The van der Waals surface area contributed by atoms with Crippen molar-refractivity contribution in [2.75, 3.05) is 13.2 Å². The Morgan fingerprint density at radius 1 is 1.36 bits per heavy atom. The van der Waals surface area contributed by atoms with Crippen molar-refractivity contribution >= 4 is 0 Å². The van der Waals surface area contributed by atoms with E-state index in [1.165, 1.54) is 12.1 Å². The molecule has 1 aliphatic heterocycles. The molecule has 1 aromatic rings. The molecule has 0 bridgehead atoms. The summed E-state index contributed by atoms with van der Waals surface area (Å²) in [6.45, 7) is 1.01. The van der Waals surface area contributed by atoms with Gasteiger partial charge in [0.1, 0.15) is 11.2 Å². The zero-order valence-corrected chi connectivity index (χ0v) is 7.66. The minimum atomic E-state index is -0.562. The molecule has 0 amide bonds. The standard InChI is InChI=1S/C11H10FNO/c12-10-3-1-9(2-4-10)11(7-13)5-6-14-8-11/h1-4H,5-6,8H2/t11-/m0/s1. The highest BCUT2D eigenvalue weighted by atomic mass is 19.1. The van der Waals surface area contributed by atoms with E-state index in [4.69, 9.17) is 10.00 Å². The first-order chi connectivity index (χ1) is 6.77. The lowest BCUT2D eigenvalue weighted by Gasteiger charge is -2.18. The van der Waals surface area contributed by atoms with Gasteiger partial charge >= 0.3 is 0 Å². The highest BCUT2D eigenvalue weighted by Crippen LogP contribution is 2.32. The second kappa shape index (κ2) is 3.39. The summed E-state index contributed by atoms with van der Waals surface area (Å²) in [5, 5.41) is 9.12. The predicted molar refractivity (Wildman–Crippen MR) is 49.1 cm³/mol. The van der Waals surface area contributed by atoms with Gasteiger partial charge in [0.25, 0.3) is 0 Å². The minimum Gasteiger partial charge on any atom is -0.379 e. The Hall–Kier alpha value is -1.40. The lowest BCUT2D eigenvalue weighted by atomic mass is 9.81. The van der Waals surface area contributed by atoms with Gasteiger partial charge in [0, 0.05) is 6.61 Å². The molecule has 1 atom stereocenters. The molecule has 0 radical (unpaired) electrons. The zero-order chi connectivity index (χ0) is 10.0. The number of halogens is 1. The van der Waals surface area contributed by atoms with E-state index in [-0.39, 0.29) is 5.82 Å². The molecule has 3 heteroatoms. The Kier molecular flexibility index (Phi) is 2.22. The molecular formula is C11H10FNO. The van der Waals surface area contributed by atoms with Crippen LogP contribution in [0.1, 0.15) is 12.0 Å². The number of hydrogen-bond donors (Lipinski definition) is 0. The minimum absolute atomic E-state index is 0.277. The summed E-state index contributed by atoms with van der Waals surface area (Å²) in [4.78, 5) is 0. The average Bonchev–Trinajstić information content (AvgIpc) is 2.68. The maximum Gasteiger partial charge on any atom is 0.123 e. The molecule has 2 nitrogen and oxygen atoms in total. The number of ether oxygens (including phenoxy) is 1. The maximum absolute atomic E-state index is 12.7. The van der Waals surface area contributed by atoms with Crippen LogP contribution in [0.15, 0.2) is 24.3 Å². The van der Waals surface area contributed by atoms with Crippen molar-refractivity contribution in [3.05, 3.63) is 35.6 Å². The molecule has 0 aromatic heterocycles. The molecule has 72 valence electrons. The van der Waals surface area contributed by atoms with E-state index in [0.717, 1.165) is 5.56 Å². The van der Waals surface area contributed by atoms with Crippen molar-refractivity contribution in [2.24, 2.45) is 0 Å². The second-order valence-electron chi connectivity index (χ2n) is 3.50. The van der Waals surface area contributed by atoms with E-state index in [9.17, 15) is 4.39 Å². The van der Waals surface area contributed by atoms with Gasteiger partial charge in [-0.3, -0.25) is 0 Å². The van der Waals surface area contributed by atoms with E-state index < -0.39 is 5.41 Å². The van der Waals surface area contributed by atoms with Gasteiger partial charge in [-0.05, 0) is 24.1 Å². The molecule has 0 unspecified atom stereocenters. The van der Waals surface area contributed by atoms with Crippen molar-refractivity contribution in [3.63, 3.8) is 0 Å². The van der Waals surface area contributed by atoms with E-state index in [1.807, 2.05) is 0 Å². The fourth-order valence-electron chi connectivity index (χ4n) is 1.71. The molecule has 14 heavy (non-hydrogen) atoms. The summed E-state index contributed by atoms with van der Waals surface area (Å²) >= 11 is 0. The molecule has 1 fully saturated rings. The monoisotopic (exact) mass is 191 g/mol. The third-order valence-corrected chi connectivity index (χ3v) is 2.63. The van der Waals surface area contributed by atoms with Gasteiger partial charge < -0.3 is 4.74 Å². The molecule has 0 spiro atoms. The van der Waals surface area contributed by atoms with Gasteiger partial charge in [-0.25, -0.2) is 4.39 Å². The zero-order valence-electron chi connectivity index (χ0n) is 7.66. The fourth-order valence-corrected chi connectivity index (χ4v) is 1.71. The Morgan fingerprint density at radius 2 is 2.07 bits per heavy atom. The van der Waals surface area contributed by atoms with Crippen LogP contribution in [0.3, 0.4) is 0 Å². The number of nitriles is 1. The van der Waals surface area contributed by atoms with Crippen LogP contribution in [0.4, 0.5) is 4.39 Å². The first kappa shape index (κ1) is 9.17. The van der Waals surface area contributed by atoms with Crippen LogP contribution in [0.5, 0.6) is 0 Å². The van der Waals surface area contributed by atoms with Crippen molar-refractivity contribution in [3.8, 4) is 6.07 Å². The van der Waals surface area contributed by atoms with Crippen LogP contribution < -0.4 is 0 Å². The van der Waals surface area contributed by atoms with E-state index in [2.05, 4.69) is 6.07 Å². The summed E-state index contributed by atoms with van der Waals surface area (Å²) in [6, 6.07) is 8.35. The van der Waals surface area contributed by atoms with Crippen LogP contribution in [0.25, 0.3) is 0 Å².